The van der Waals surface area contributed by atoms with Gasteiger partial charge >= 0.3 is 0 Å². The molecule has 0 fully saturated rings. The maximum Gasteiger partial charge on any atom is 0.125 e. The van der Waals surface area contributed by atoms with Crippen LogP contribution >= 0.6 is 11.6 Å². The van der Waals surface area contributed by atoms with Gasteiger partial charge in [0.25, 0.3) is 0 Å². The molecule has 2 rings (SSSR count). The monoisotopic (exact) mass is 293 g/mol. The summed E-state index contributed by atoms with van der Waals surface area (Å²) in [6, 6.07) is 5.90. The van der Waals surface area contributed by atoms with Crippen molar-refractivity contribution in [1.29, 1.82) is 0 Å². The molecule has 0 saturated heterocycles. The van der Waals surface area contributed by atoms with Crippen LogP contribution < -0.4 is 10.1 Å². The molecular weight excluding hydrogens is 274 g/mol. The Hall–Kier alpha value is -1.52. The van der Waals surface area contributed by atoms with Gasteiger partial charge in [0, 0.05) is 29.4 Å². The molecule has 0 saturated carbocycles. The van der Waals surface area contributed by atoms with E-state index in [1.807, 2.05) is 36.1 Å². The Morgan fingerprint density at radius 3 is 2.85 bits per heavy atom. The summed E-state index contributed by atoms with van der Waals surface area (Å²) < 4.78 is 7.36. The topological polar surface area (TPSA) is 39.1 Å². The number of nitrogens with one attached hydrogen (secondary N) is 1. The maximum absolute atomic E-state index is 6.01. The van der Waals surface area contributed by atoms with E-state index in [0.29, 0.717) is 5.02 Å². The third-order valence-corrected chi connectivity index (χ3v) is 3.61. The lowest BCUT2D eigenvalue weighted by Gasteiger charge is -2.19. The summed E-state index contributed by atoms with van der Waals surface area (Å²) >= 11 is 6.01. The van der Waals surface area contributed by atoms with Crippen LogP contribution in [0.2, 0.25) is 5.02 Å². The number of methoxy groups -OCH3 is 1. The van der Waals surface area contributed by atoms with Crippen molar-refractivity contribution in [2.45, 2.75) is 25.9 Å². The predicted molar refractivity (Wildman–Crippen MR) is 81.4 cm³/mol. The van der Waals surface area contributed by atoms with Gasteiger partial charge in [-0.15, -0.1) is 0 Å². The van der Waals surface area contributed by atoms with Crippen molar-refractivity contribution in [3.63, 3.8) is 0 Å². The molecule has 0 aliphatic heterocycles. The molecule has 5 heteroatoms. The van der Waals surface area contributed by atoms with Crippen LogP contribution in [0, 0.1) is 0 Å². The van der Waals surface area contributed by atoms with E-state index in [1.165, 1.54) is 5.56 Å². The largest absolute Gasteiger partial charge is 0.496 e. The first kappa shape index (κ1) is 14.9. The number of hydrogen-bond donors (Lipinski definition) is 1. The smallest absolute Gasteiger partial charge is 0.125 e. The first-order valence-corrected chi connectivity index (χ1v) is 7.07. The lowest BCUT2D eigenvalue weighted by atomic mass is 10.00. The molecule has 1 heterocycles. The fourth-order valence-electron chi connectivity index (χ4n) is 2.26. The summed E-state index contributed by atoms with van der Waals surface area (Å²) in [5.41, 5.74) is 2.30. The Morgan fingerprint density at radius 1 is 1.45 bits per heavy atom. The van der Waals surface area contributed by atoms with Gasteiger partial charge in [0.15, 0.2) is 0 Å². The molecule has 0 aliphatic rings. The van der Waals surface area contributed by atoms with Crippen molar-refractivity contribution in [3.8, 4) is 5.75 Å². The van der Waals surface area contributed by atoms with Crippen LogP contribution in [-0.4, -0.2) is 23.9 Å². The van der Waals surface area contributed by atoms with E-state index in [-0.39, 0.29) is 6.04 Å². The minimum absolute atomic E-state index is 0.164. The summed E-state index contributed by atoms with van der Waals surface area (Å²) in [7, 11) is 3.61. The average molecular weight is 294 g/mol. The van der Waals surface area contributed by atoms with Gasteiger partial charge in [-0.1, -0.05) is 17.7 Å². The van der Waals surface area contributed by atoms with Gasteiger partial charge < -0.3 is 10.1 Å². The van der Waals surface area contributed by atoms with Crippen LogP contribution in [0.25, 0.3) is 0 Å². The molecule has 0 spiro atoms. The standard InChI is InChI=1S/C15H20ClN3O/c1-4-19-10-11(9-18-19)7-14(17-2)13-6-5-12(16)8-15(13)20-3/h5-6,8-10,14,17H,4,7H2,1-3H3. The Labute approximate surface area is 124 Å². The van der Waals surface area contributed by atoms with E-state index in [9.17, 15) is 0 Å². The summed E-state index contributed by atoms with van der Waals surface area (Å²) in [5, 5.41) is 8.32. The van der Waals surface area contributed by atoms with Gasteiger partial charge in [-0.3, -0.25) is 4.68 Å². The number of hydrogen-bond acceptors (Lipinski definition) is 3. The summed E-state index contributed by atoms with van der Waals surface area (Å²) in [4.78, 5) is 0. The van der Waals surface area contributed by atoms with Crippen LogP contribution in [-0.2, 0) is 13.0 Å². The van der Waals surface area contributed by atoms with Gasteiger partial charge in [-0.2, -0.15) is 5.10 Å². The molecule has 0 bridgehead atoms. The summed E-state index contributed by atoms with van der Waals surface area (Å²) in [5.74, 6) is 0.805. The Bertz CT molecular complexity index is 568. The number of aromatic nitrogens is 2. The van der Waals surface area contributed by atoms with Crippen LogP contribution in [0.4, 0.5) is 0 Å². The molecule has 0 amide bonds. The highest BCUT2D eigenvalue weighted by Crippen LogP contribution is 2.30. The number of halogens is 1. The van der Waals surface area contributed by atoms with Gasteiger partial charge in [0.05, 0.1) is 13.3 Å². The average Bonchev–Trinajstić information content (AvgIpc) is 2.92. The first-order valence-electron chi connectivity index (χ1n) is 6.70. The Morgan fingerprint density at radius 2 is 2.25 bits per heavy atom. The number of benzene rings is 1. The third kappa shape index (κ3) is 3.32. The van der Waals surface area contributed by atoms with Crippen molar-refractivity contribution in [3.05, 3.63) is 46.7 Å². The zero-order valence-electron chi connectivity index (χ0n) is 12.1. The number of likely N-dealkylation sites (N-methyl/N-ethyl adjacent to an activating group) is 1. The van der Waals surface area contributed by atoms with E-state index < -0.39 is 0 Å². The number of rotatable bonds is 6. The molecule has 4 nitrogen and oxygen atoms in total. The van der Waals surface area contributed by atoms with Crippen LogP contribution in [0.1, 0.15) is 24.1 Å². The van der Waals surface area contributed by atoms with Crippen molar-refractivity contribution in [2.75, 3.05) is 14.2 Å². The quantitative estimate of drug-likeness (QED) is 0.890. The van der Waals surface area contributed by atoms with E-state index in [4.69, 9.17) is 16.3 Å². The summed E-state index contributed by atoms with van der Waals surface area (Å²) in [6.07, 6.45) is 4.84. The second-order valence-electron chi connectivity index (χ2n) is 4.64. The van der Waals surface area contributed by atoms with Gasteiger partial charge in [-0.25, -0.2) is 0 Å². The van der Waals surface area contributed by atoms with E-state index in [2.05, 4.69) is 23.5 Å². The molecule has 1 unspecified atom stereocenters. The molecule has 108 valence electrons. The number of nitrogens with zero attached hydrogens (tertiary/aromatic N) is 2. The van der Waals surface area contributed by atoms with E-state index >= 15 is 0 Å². The van der Waals surface area contributed by atoms with E-state index in [1.54, 1.807) is 7.11 Å². The highest BCUT2D eigenvalue weighted by molar-refractivity contribution is 6.30. The predicted octanol–water partition coefficient (Wildman–Crippen LogP) is 3.07. The lowest BCUT2D eigenvalue weighted by molar-refractivity contribution is 0.401. The Balaban J connectivity index is 2.23. The van der Waals surface area contributed by atoms with Crippen LogP contribution in [0.5, 0.6) is 5.75 Å². The second-order valence-corrected chi connectivity index (χ2v) is 5.07. The van der Waals surface area contributed by atoms with Crippen LogP contribution in [0.15, 0.2) is 30.6 Å². The molecule has 0 radical (unpaired) electrons. The highest BCUT2D eigenvalue weighted by atomic mass is 35.5. The van der Waals surface area contributed by atoms with E-state index in [0.717, 1.165) is 24.3 Å². The molecule has 0 aliphatic carbocycles. The third-order valence-electron chi connectivity index (χ3n) is 3.37. The molecule has 1 aromatic heterocycles. The molecule has 1 N–H and O–H groups in total. The molecule has 1 atom stereocenters. The maximum atomic E-state index is 6.01. The zero-order valence-corrected chi connectivity index (χ0v) is 12.8. The van der Waals surface area contributed by atoms with Crippen molar-refractivity contribution >= 4 is 11.6 Å². The van der Waals surface area contributed by atoms with Gasteiger partial charge in [-0.05, 0) is 38.1 Å². The summed E-state index contributed by atoms with van der Waals surface area (Å²) in [6.45, 7) is 2.96. The first-order chi connectivity index (χ1) is 9.67. The van der Waals surface area contributed by atoms with Gasteiger partial charge in [0.1, 0.15) is 5.75 Å². The molecule has 20 heavy (non-hydrogen) atoms. The fraction of sp³-hybridized carbons (Fsp3) is 0.400. The van der Waals surface area contributed by atoms with Crippen molar-refractivity contribution < 1.29 is 4.74 Å². The number of aryl methyl sites for hydroxylation is 1. The van der Waals surface area contributed by atoms with Crippen LogP contribution in [0.3, 0.4) is 0 Å². The normalized spacial score (nSPS) is 12.4. The highest BCUT2D eigenvalue weighted by Gasteiger charge is 2.16. The zero-order chi connectivity index (χ0) is 14.5. The second kappa shape index (κ2) is 6.77. The minimum Gasteiger partial charge on any atom is -0.496 e. The minimum atomic E-state index is 0.164. The lowest BCUT2D eigenvalue weighted by Crippen LogP contribution is -2.19. The Kier molecular flexibility index (Phi) is 5.04. The SMILES string of the molecule is CCn1cc(CC(NC)c2ccc(Cl)cc2OC)cn1. The van der Waals surface area contributed by atoms with Gasteiger partial charge in [0.2, 0.25) is 0 Å². The van der Waals surface area contributed by atoms with Crippen molar-refractivity contribution in [1.82, 2.24) is 15.1 Å². The molecule has 1 aromatic carbocycles. The molecular formula is C15H20ClN3O. The fourth-order valence-corrected chi connectivity index (χ4v) is 2.42. The molecule has 2 aromatic rings. The number of ether oxygens (including phenoxy) is 1. The van der Waals surface area contributed by atoms with Crippen molar-refractivity contribution in [2.24, 2.45) is 0 Å².